The van der Waals surface area contributed by atoms with E-state index >= 15 is 0 Å². The van der Waals surface area contributed by atoms with Crippen LogP contribution in [0.25, 0.3) is 0 Å². The zero-order chi connectivity index (χ0) is 7.45. The van der Waals surface area contributed by atoms with E-state index in [0.717, 1.165) is 18.9 Å². The van der Waals surface area contributed by atoms with E-state index in [1.165, 1.54) is 19.3 Å². The Labute approximate surface area is 67.7 Å². The number of hydrogen-bond donors (Lipinski definition) is 0. The Hall–Kier alpha value is 0.250. The van der Waals surface area contributed by atoms with Crippen LogP contribution in [0.5, 0.6) is 0 Å². The molecule has 2 heteroatoms. The fraction of sp³-hybridized carbons (Fsp3) is 1.00. The minimum absolute atomic E-state index is 0.456. The Kier molecular flexibility index (Phi) is 2.99. The summed E-state index contributed by atoms with van der Waals surface area (Å²) in [7, 11) is 1.75. The summed E-state index contributed by atoms with van der Waals surface area (Å²) >= 11 is 5.84. The third-order valence-electron chi connectivity index (χ3n) is 2.53. The van der Waals surface area contributed by atoms with Crippen LogP contribution in [-0.4, -0.2) is 19.6 Å². The third-order valence-corrected chi connectivity index (χ3v) is 3.10. The van der Waals surface area contributed by atoms with Gasteiger partial charge in [0.05, 0.1) is 0 Å². The summed E-state index contributed by atoms with van der Waals surface area (Å²) in [5.74, 6) is 0.816. The molecule has 1 saturated carbocycles. The van der Waals surface area contributed by atoms with Crippen molar-refractivity contribution < 1.29 is 4.74 Å². The number of rotatable bonds is 4. The summed E-state index contributed by atoms with van der Waals surface area (Å²) in [5.41, 5.74) is 0.456. The second-order valence-corrected chi connectivity index (χ2v) is 3.50. The minimum atomic E-state index is 0.456. The average molecular weight is 163 g/mol. The van der Waals surface area contributed by atoms with Gasteiger partial charge in [-0.2, -0.15) is 0 Å². The van der Waals surface area contributed by atoms with Gasteiger partial charge in [-0.15, -0.1) is 11.6 Å². The second-order valence-electron chi connectivity index (χ2n) is 3.23. The normalized spacial score (nSPS) is 22.2. The Morgan fingerprint density at radius 1 is 1.50 bits per heavy atom. The summed E-state index contributed by atoms with van der Waals surface area (Å²) in [6.45, 7) is 0.868. The van der Waals surface area contributed by atoms with E-state index in [1.807, 2.05) is 0 Å². The van der Waals surface area contributed by atoms with E-state index in [4.69, 9.17) is 16.3 Å². The van der Waals surface area contributed by atoms with Crippen molar-refractivity contribution in [1.29, 1.82) is 0 Å². The molecule has 0 amide bonds. The maximum absolute atomic E-state index is 5.84. The van der Waals surface area contributed by atoms with Crippen LogP contribution in [0.4, 0.5) is 0 Å². The molecule has 1 fully saturated rings. The number of halogens is 1. The van der Waals surface area contributed by atoms with Crippen molar-refractivity contribution in [2.45, 2.75) is 25.7 Å². The molecule has 10 heavy (non-hydrogen) atoms. The zero-order valence-corrected chi connectivity index (χ0v) is 7.28. The fourth-order valence-electron chi connectivity index (χ4n) is 1.45. The first-order chi connectivity index (χ1) is 4.83. The molecule has 0 aromatic carbocycles. The van der Waals surface area contributed by atoms with Gasteiger partial charge in [0.15, 0.2) is 0 Å². The van der Waals surface area contributed by atoms with Crippen LogP contribution in [0, 0.1) is 5.41 Å². The van der Waals surface area contributed by atoms with E-state index < -0.39 is 0 Å². The van der Waals surface area contributed by atoms with Crippen LogP contribution in [-0.2, 0) is 4.74 Å². The molecular weight excluding hydrogens is 148 g/mol. The van der Waals surface area contributed by atoms with Gasteiger partial charge in [-0.3, -0.25) is 0 Å². The number of methoxy groups -OCH3 is 1. The number of alkyl halides is 1. The molecule has 0 N–H and O–H groups in total. The van der Waals surface area contributed by atoms with Gasteiger partial charge in [-0.1, -0.05) is 6.42 Å². The summed E-state index contributed by atoms with van der Waals surface area (Å²) in [5, 5.41) is 0. The number of ether oxygens (including phenoxy) is 1. The van der Waals surface area contributed by atoms with Crippen molar-refractivity contribution in [2.75, 3.05) is 19.6 Å². The summed E-state index contributed by atoms with van der Waals surface area (Å²) in [6.07, 6.45) is 5.11. The predicted molar refractivity (Wildman–Crippen MR) is 43.5 cm³/mol. The van der Waals surface area contributed by atoms with E-state index in [-0.39, 0.29) is 0 Å². The molecule has 0 aromatic heterocycles. The van der Waals surface area contributed by atoms with Crippen LogP contribution in [0.1, 0.15) is 25.7 Å². The molecule has 0 spiro atoms. The molecule has 0 aliphatic heterocycles. The van der Waals surface area contributed by atoms with Gasteiger partial charge in [0.1, 0.15) is 0 Å². The largest absolute Gasteiger partial charge is 0.385 e. The Morgan fingerprint density at radius 2 is 2.20 bits per heavy atom. The smallest absolute Gasteiger partial charge is 0.0467 e. The van der Waals surface area contributed by atoms with Crippen molar-refractivity contribution in [3.05, 3.63) is 0 Å². The molecule has 1 nitrogen and oxygen atoms in total. The molecule has 0 heterocycles. The van der Waals surface area contributed by atoms with Crippen LogP contribution in [0.2, 0.25) is 0 Å². The van der Waals surface area contributed by atoms with E-state index in [2.05, 4.69) is 0 Å². The van der Waals surface area contributed by atoms with Gasteiger partial charge >= 0.3 is 0 Å². The minimum Gasteiger partial charge on any atom is -0.385 e. The average Bonchev–Trinajstić information content (AvgIpc) is 1.87. The lowest BCUT2D eigenvalue weighted by Crippen LogP contribution is -2.32. The molecule has 0 atom stereocenters. The SMILES string of the molecule is COCCC1(CCl)CCC1. The Bertz CT molecular complexity index is 93.9. The molecule has 60 valence electrons. The maximum Gasteiger partial charge on any atom is 0.0467 e. The maximum atomic E-state index is 5.84. The predicted octanol–water partition coefficient (Wildman–Crippen LogP) is 2.43. The third kappa shape index (κ3) is 1.64. The molecule has 1 rings (SSSR count). The van der Waals surface area contributed by atoms with Crippen molar-refractivity contribution >= 4 is 11.6 Å². The van der Waals surface area contributed by atoms with E-state index in [1.54, 1.807) is 7.11 Å². The van der Waals surface area contributed by atoms with Gasteiger partial charge < -0.3 is 4.74 Å². The van der Waals surface area contributed by atoms with Crippen molar-refractivity contribution in [3.63, 3.8) is 0 Å². The highest BCUT2D eigenvalue weighted by molar-refractivity contribution is 6.18. The Balaban J connectivity index is 2.20. The quantitative estimate of drug-likeness (QED) is 0.577. The summed E-state index contributed by atoms with van der Waals surface area (Å²) in [6, 6.07) is 0. The van der Waals surface area contributed by atoms with Crippen molar-refractivity contribution in [3.8, 4) is 0 Å². The van der Waals surface area contributed by atoms with E-state index in [0.29, 0.717) is 5.41 Å². The highest BCUT2D eigenvalue weighted by Crippen LogP contribution is 2.44. The summed E-state index contributed by atoms with van der Waals surface area (Å²) in [4.78, 5) is 0. The Morgan fingerprint density at radius 3 is 2.50 bits per heavy atom. The highest BCUT2D eigenvalue weighted by atomic mass is 35.5. The van der Waals surface area contributed by atoms with Gasteiger partial charge in [-0.05, 0) is 24.7 Å². The lowest BCUT2D eigenvalue weighted by Gasteiger charge is -2.40. The van der Waals surface area contributed by atoms with Gasteiger partial charge in [-0.25, -0.2) is 0 Å². The molecule has 0 unspecified atom stereocenters. The van der Waals surface area contributed by atoms with Crippen LogP contribution in [0.3, 0.4) is 0 Å². The molecular formula is C8H15ClO. The van der Waals surface area contributed by atoms with Crippen LogP contribution in [0.15, 0.2) is 0 Å². The first kappa shape index (κ1) is 8.35. The zero-order valence-electron chi connectivity index (χ0n) is 6.53. The van der Waals surface area contributed by atoms with Crippen molar-refractivity contribution in [1.82, 2.24) is 0 Å². The molecule has 1 aliphatic carbocycles. The van der Waals surface area contributed by atoms with Gasteiger partial charge in [0.2, 0.25) is 0 Å². The fourth-order valence-corrected chi connectivity index (χ4v) is 1.85. The standard InChI is InChI=1S/C8H15ClO/c1-10-6-5-8(7-9)3-2-4-8/h2-7H2,1H3. The van der Waals surface area contributed by atoms with E-state index in [9.17, 15) is 0 Å². The van der Waals surface area contributed by atoms with Crippen LogP contribution < -0.4 is 0 Å². The monoisotopic (exact) mass is 162 g/mol. The molecule has 0 aromatic rings. The number of hydrogen-bond acceptors (Lipinski definition) is 1. The van der Waals surface area contributed by atoms with Crippen LogP contribution >= 0.6 is 11.6 Å². The second kappa shape index (κ2) is 3.59. The molecule has 0 saturated heterocycles. The van der Waals surface area contributed by atoms with Crippen molar-refractivity contribution in [2.24, 2.45) is 5.41 Å². The van der Waals surface area contributed by atoms with Gasteiger partial charge in [0.25, 0.3) is 0 Å². The lowest BCUT2D eigenvalue weighted by atomic mass is 9.68. The van der Waals surface area contributed by atoms with Gasteiger partial charge in [0, 0.05) is 19.6 Å². The molecule has 0 radical (unpaired) electrons. The molecule has 0 bridgehead atoms. The molecule has 1 aliphatic rings. The first-order valence-corrected chi connectivity index (χ1v) is 4.41. The topological polar surface area (TPSA) is 9.23 Å². The highest BCUT2D eigenvalue weighted by Gasteiger charge is 2.35. The summed E-state index contributed by atoms with van der Waals surface area (Å²) < 4.78 is 5.02. The first-order valence-electron chi connectivity index (χ1n) is 3.88. The lowest BCUT2D eigenvalue weighted by molar-refractivity contribution is 0.0898.